The van der Waals surface area contributed by atoms with Gasteiger partial charge in [-0.3, -0.25) is 4.79 Å². The molecule has 2 rings (SSSR count). The van der Waals surface area contributed by atoms with Crippen molar-refractivity contribution in [2.24, 2.45) is 5.92 Å². The number of benzene rings is 1. The molecule has 1 aromatic carbocycles. The largest absolute Gasteiger partial charge is 0.461 e. The third-order valence-corrected chi connectivity index (χ3v) is 7.70. The summed E-state index contributed by atoms with van der Waals surface area (Å²) < 4.78 is 16.6. The Balaban J connectivity index is 1.81. The van der Waals surface area contributed by atoms with Crippen molar-refractivity contribution in [3.8, 4) is 0 Å². The molecule has 0 aromatic heterocycles. The first-order valence-corrected chi connectivity index (χ1v) is 15.8. The fourth-order valence-electron chi connectivity index (χ4n) is 5.14. The number of nitrogens with one attached hydrogen (secondary N) is 1. The van der Waals surface area contributed by atoms with Crippen molar-refractivity contribution < 1.29 is 28.6 Å². The van der Waals surface area contributed by atoms with Gasteiger partial charge in [0.25, 0.3) is 0 Å². The third kappa shape index (κ3) is 13.7. The topological polar surface area (TPSA) is 90.9 Å². The highest BCUT2D eigenvalue weighted by atomic mass is 16.6. The van der Waals surface area contributed by atoms with Crippen molar-refractivity contribution in [2.75, 3.05) is 0 Å². The van der Waals surface area contributed by atoms with E-state index in [2.05, 4.69) is 19.2 Å². The Labute approximate surface area is 242 Å². The number of amides is 1. The summed E-state index contributed by atoms with van der Waals surface area (Å²) in [6.45, 7) is 6.13. The number of hydrogen-bond acceptors (Lipinski definition) is 6. The first kappa shape index (κ1) is 33.6. The van der Waals surface area contributed by atoms with Gasteiger partial charge in [-0.2, -0.15) is 0 Å². The number of cyclic esters (lactones) is 1. The molecule has 1 saturated heterocycles. The zero-order chi connectivity index (χ0) is 29.0. The van der Waals surface area contributed by atoms with Crippen LogP contribution in [-0.4, -0.2) is 36.3 Å². The maximum atomic E-state index is 12.9. The smallest absolute Gasteiger partial charge is 0.408 e. The molecule has 0 spiro atoms. The van der Waals surface area contributed by atoms with Gasteiger partial charge in [-0.15, -0.1) is 0 Å². The van der Waals surface area contributed by atoms with Crippen molar-refractivity contribution in [3.63, 3.8) is 0 Å². The predicted octanol–water partition coefficient (Wildman–Crippen LogP) is 8.04. The SMILES string of the molecule is CCCCCCCCCCC[C@@H](C[C@@H]1OC(=O)[C@H]1CCCCCC)OC(=O)[C@H](C)NC(=O)OCc1ccccc1. The molecule has 1 fully saturated rings. The number of carbonyl (C=O) groups excluding carboxylic acids is 3. The lowest BCUT2D eigenvalue weighted by molar-refractivity contribution is -0.190. The number of alkyl carbamates (subject to hydrolysis) is 1. The molecule has 40 heavy (non-hydrogen) atoms. The zero-order valence-electron chi connectivity index (χ0n) is 25.2. The molecule has 0 saturated carbocycles. The first-order valence-electron chi connectivity index (χ1n) is 15.8. The molecule has 226 valence electrons. The van der Waals surface area contributed by atoms with Gasteiger partial charge < -0.3 is 19.5 Å². The summed E-state index contributed by atoms with van der Waals surface area (Å²) >= 11 is 0. The molecular formula is C33H53NO6. The number of hydrogen-bond donors (Lipinski definition) is 1. The molecule has 7 nitrogen and oxygen atoms in total. The molecule has 1 amide bonds. The van der Waals surface area contributed by atoms with E-state index in [4.69, 9.17) is 14.2 Å². The third-order valence-electron chi connectivity index (χ3n) is 7.70. The summed E-state index contributed by atoms with van der Waals surface area (Å²) in [4.78, 5) is 37.3. The fraction of sp³-hybridized carbons (Fsp3) is 0.727. The van der Waals surface area contributed by atoms with Crippen molar-refractivity contribution in [3.05, 3.63) is 35.9 Å². The molecule has 1 aliphatic heterocycles. The number of esters is 2. The van der Waals surface area contributed by atoms with E-state index in [-0.39, 0.29) is 30.7 Å². The standard InChI is InChI=1S/C33H53NO6/c1-4-6-8-10-11-12-13-14-18-22-28(24-30-29(32(36)40-30)23-19-9-7-5-2)39-31(35)26(3)34-33(37)38-25-27-20-16-15-17-21-27/h15-17,20-21,26,28-30H,4-14,18-19,22-25H2,1-3H3,(H,34,37)/t26-,28-,29-,30-/m0/s1. The molecule has 1 N–H and O–H groups in total. The average Bonchev–Trinajstić information content (AvgIpc) is 2.95. The van der Waals surface area contributed by atoms with Crippen LogP contribution in [0, 0.1) is 5.92 Å². The van der Waals surface area contributed by atoms with Gasteiger partial charge in [0.2, 0.25) is 0 Å². The van der Waals surface area contributed by atoms with Gasteiger partial charge in [0.05, 0.1) is 5.92 Å². The van der Waals surface area contributed by atoms with Crippen molar-refractivity contribution >= 4 is 18.0 Å². The second-order valence-electron chi connectivity index (χ2n) is 11.3. The normalized spacial score (nSPS) is 17.8. The zero-order valence-corrected chi connectivity index (χ0v) is 25.2. The number of unbranched alkanes of at least 4 members (excludes halogenated alkanes) is 11. The second-order valence-corrected chi connectivity index (χ2v) is 11.3. The lowest BCUT2D eigenvalue weighted by Crippen LogP contribution is -2.48. The first-order chi connectivity index (χ1) is 19.4. The minimum absolute atomic E-state index is 0.107. The summed E-state index contributed by atoms with van der Waals surface area (Å²) in [5.41, 5.74) is 0.869. The maximum Gasteiger partial charge on any atom is 0.408 e. The van der Waals surface area contributed by atoms with Crippen LogP contribution in [-0.2, 0) is 30.4 Å². The van der Waals surface area contributed by atoms with Crippen LogP contribution in [0.1, 0.15) is 129 Å². The molecule has 0 aliphatic carbocycles. The van der Waals surface area contributed by atoms with E-state index < -0.39 is 18.1 Å². The van der Waals surface area contributed by atoms with Crippen LogP contribution in [0.25, 0.3) is 0 Å². The van der Waals surface area contributed by atoms with Crippen LogP contribution in [0.2, 0.25) is 0 Å². The van der Waals surface area contributed by atoms with Crippen molar-refractivity contribution in [1.29, 1.82) is 0 Å². The minimum atomic E-state index is -0.845. The molecule has 1 aliphatic rings. The van der Waals surface area contributed by atoms with Crippen molar-refractivity contribution in [1.82, 2.24) is 5.32 Å². The highest BCUT2D eigenvalue weighted by molar-refractivity contribution is 5.81. The summed E-state index contributed by atoms with van der Waals surface area (Å²) in [6, 6.07) is 8.53. The lowest BCUT2D eigenvalue weighted by Gasteiger charge is -2.37. The quantitative estimate of drug-likeness (QED) is 0.0878. The molecule has 7 heteroatoms. The fourth-order valence-corrected chi connectivity index (χ4v) is 5.14. The van der Waals surface area contributed by atoms with Gasteiger partial charge in [0.1, 0.15) is 24.9 Å². The molecular weight excluding hydrogens is 506 g/mol. The van der Waals surface area contributed by atoms with E-state index >= 15 is 0 Å². The molecule has 4 atom stereocenters. The van der Waals surface area contributed by atoms with Crippen LogP contribution >= 0.6 is 0 Å². The van der Waals surface area contributed by atoms with Crippen LogP contribution in [0.4, 0.5) is 4.79 Å². The molecule has 1 aromatic rings. The number of carbonyl (C=O) groups is 3. The maximum absolute atomic E-state index is 12.9. The Hall–Kier alpha value is -2.57. The highest BCUT2D eigenvalue weighted by Crippen LogP contribution is 2.32. The predicted molar refractivity (Wildman–Crippen MR) is 158 cm³/mol. The molecule has 0 radical (unpaired) electrons. The molecule has 0 unspecified atom stereocenters. The Morgan fingerprint density at radius 3 is 2.10 bits per heavy atom. The van der Waals surface area contributed by atoms with Gasteiger partial charge >= 0.3 is 18.0 Å². The Morgan fingerprint density at radius 1 is 0.875 bits per heavy atom. The lowest BCUT2D eigenvalue weighted by atomic mass is 9.86. The minimum Gasteiger partial charge on any atom is -0.461 e. The van der Waals surface area contributed by atoms with Gasteiger partial charge in [-0.05, 0) is 31.7 Å². The van der Waals surface area contributed by atoms with Gasteiger partial charge in [-0.25, -0.2) is 9.59 Å². The number of ether oxygens (including phenoxy) is 3. The second kappa shape index (κ2) is 20.3. The van der Waals surface area contributed by atoms with Crippen LogP contribution in [0.5, 0.6) is 0 Å². The van der Waals surface area contributed by atoms with E-state index in [1.165, 1.54) is 51.4 Å². The van der Waals surface area contributed by atoms with E-state index in [0.29, 0.717) is 6.42 Å². The van der Waals surface area contributed by atoms with Crippen LogP contribution < -0.4 is 5.32 Å². The summed E-state index contributed by atoms with van der Waals surface area (Å²) in [7, 11) is 0. The van der Waals surface area contributed by atoms with E-state index in [1.54, 1.807) is 6.92 Å². The van der Waals surface area contributed by atoms with Crippen molar-refractivity contribution in [2.45, 2.75) is 148 Å². The average molecular weight is 560 g/mol. The van der Waals surface area contributed by atoms with E-state index in [1.807, 2.05) is 30.3 Å². The Bertz CT molecular complexity index is 845. The van der Waals surface area contributed by atoms with Gasteiger partial charge in [-0.1, -0.05) is 121 Å². The highest BCUT2D eigenvalue weighted by Gasteiger charge is 2.43. The van der Waals surface area contributed by atoms with Gasteiger partial charge in [0.15, 0.2) is 0 Å². The molecule has 0 bridgehead atoms. The van der Waals surface area contributed by atoms with Crippen LogP contribution in [0.3, 0.4) is 0 Å². The summed E-state index contributed by atoms with van der Waals surface area (Å²) in [5.74, 6) is -0.738. The molecule has 1 heterocycles. The Kier molecular flexibility index (Phi) is 17.1. The van der Waals surface area contributed by atoms with Crippen LogP contribution in [0.15, 0.2) is 30.3 Å². The summed E-state index contributed by atoms with van der Waals surface area (Å²) in [5, 5.41) is 2.58. The Morgan fingerprint density at radius 2 is 1.48 bits per heavy atom. The summed E-state index contributed by atoms with van der Waals surface area (Å²) in [6.07, 6.45) is 16.2. The number of rotatable bonds is 22. The van der Waals surface area contributed by atoms with Gasteiger partial charge in [0, 0.05) is 6.42 Å². The van der Waals surface area contributed by atoms with E-state index in [9.17, 15) is 14.4 Å². The van der Waals surface area contributed by atoms with E-state index in [0.717, 1.165) is 50.5 Å². The monoisotopic (exact) mass is 559 g/mol.